The molecule has 3 aromatic heterocycles. The van der Waals surface area contributed by atoms with Gasteiger partial charge in [-0.1, -0.05) is 23.7 Å². The number of aromatic nitrogens is 5. The predicted molar refractivity (Wildman–Crippen MR) is 141 cm³/mol. The molecule has 3 heterocycles. The zero-order chi connectivity index (χ0) is 24.9. The summed E-state index contributed by atoms with van der Waals surface area (Å²) in [5, 5.41) is 6.35. The zero-order valence-corrected chi connectivity index (χ0v) is 21.7. The van der Waals surface area contributed by atoms with Crippen LogP contribution in [0.4, 0.5) is 11.8 Å². The fourth-order valence-electron chi connectivity index (χ4n) is 4.26. The van der Waals surface area contributed by atoms with Crippen molar-refractivity contribution in [1.29, 1.82) is 0 Å². The van der Waals surface area contributed by atoms with Gasteiger partial charge in [-0.3, -0.25) is 4.68 Å². The third kappa shape index (κ3) is 5.48. The molecule has 9 heteroatoms. The van der Waals surface area contributed by atoms with Crippen molar-refractivity contribution in [2.75, 3.05) is 29.5 Å². The number of hydrogen-bond acceptors (Lipinski definition) is 7. The average Bonchev–Trinajstić information content (AvgIpc) is 3.12. The maximum absolute atomic E-state index is 6.29. The Morgan fingerprint density at radius 3 is 2.40 bits per heavy atom. The van der Waals surface area contributed by atoms with Crippen molar-refractivity contribution in [2.45, 2.75) is 40.8 Å². The van der Waals surface area contributed by atoms with E-state index in [1.807, 2.05) is 43.8 Å². The van der Waals surface area contributed by atoms with Gasteiger partial charge >= 0.3 is 0 Å². The summed E-state index contributed by atoms with van der Waals surface area (Å²) in [7, 11) is 1.94. The first-order valence-corrected chi connectivity index (χ1v) is 12.3. The van der Waals surface area contributed by atoms with Gasteiger partial charge in [0.25, 0.3) is 0 Å². The number of nitrogens with zero attached hydrogens (tertiary/aromatic N) is 7. The van der Waals surface area contributed by atoms with E-state index in [9.17, 15) is 0 Å². The van der Waals surface area contributed by atoms with Crippen molar-refractivity contribution in [3.05, 3.63) is 64.6 Å². The van der Waals surface area contributed by atoms with Gasteiger partial charge in [-0.15, -0.1) is 0 Å². The second-order valence-corrected chi connectivity index (χ2v) is 8.80. The van der Waals surface area contributed by atoms with E-state index in [0.717, 1.165) is 46.8 Å². The van der Waals surface area contributed by atoms with Gasteiger partial charge < -0.3 is 14.5 Å². The molecule has 0 amide bonds. The standard InChI is InChI=1S/C26H32ClN7O/c1-6-33(7-2)24-20(13-23-18(4)31-32(5)25(23)30-24)17-34(16-19-10-9-11-21(27)12-19)26-28-14-22(15-29-26)35-8-3/h9-15H,6-8,16-17H2,1-5H3. The van der Waals surface area contributed by atoms with Crippen LogP contribution in [0, 0.1) is 6.92 Å². The molecule has 0 bridgehead atoms. The van der Waals surface area contributed by atoms with E-state index in [2.05, 4.69) is 50.8 Å². The van der Waals surface area contributed by atoms with E-state index >= 15 is 0 Å². The molecule has 184 valence electrons. The van der Waals surface area contributed by atoms with Crippen LogP contribution in [-0.4, -0.2) is 44.4 Å². The Kier molecular flexibility index (Phi) is 7.70. The highest BCUT2D eigenvalue weighted by atomic mass is 35.5. The fraction of sp³-hybridized carbons (Fsp3) is 0.385. The Balaban J connectivity index is 1.79. The number of anilines is 2. The van der Waals surface area contributed by atoms with Crippen LogP contribution in [0.15, 0.2) is 42.7 Å². The molecule has 4 rings (SSSR count). The van der Waals surface area contributed by atoms with Gasteiger partial charge in [-0.2, -0.15) is 5.10 Å². The molecule has 0 atom stereocenters. The fourth-order valence-corrected chi connectivity index (χ4v) is 4.47. The number of aryl methyl sites for hydroxylation is 2. The topological polar surface area (TPSA) is 72.2 Å². The Hall–Kier alpha value is -3.39. The van der Waals surface area contributed by atoms with Crippen LogP contribution in [-0.2, 0) is 20.1 Å². The Morgan fingerprint density at radius 2 is 1.74 bits per heavy atom. The molecule has 0 saturated heterocycles. The van der Waals surface area contributed by atoms with Gasteiger partial charge in [0, 0.05) is 49.2 Å². The molecule has 0 saturated carbocycles. The number of fused-ring (bicyclic) bond motifs is 1. The van der Waals surface area contributed by atoms with Gasteiger partial charge in [-0.05, 0) is 51.5 Å². The molecule has 1 aromatic carbocycles. The largest absolute Gasteiger partial charge is 0.491 e. The van der Waals surface area contributed by atoms with Gasteiger partial charge in [0.1, 0.15) is 5.82 Å². The number of benzene rings is 1. The highest BCUT2D eigenvalue weighted by Gasteiger charge is 2.20. The van der Waals surface area contributed by atoms with Crippen LogP contribution < -0.4 is 14.5 Å². The second-order valence-electron chi connectivity index (χ2n) is 8.36. The third-order valence-corrected chi connectivity index (χ3v) is 6.18. The number of halogens is 1. The summed E-state index contributed by atoms with van der Waals surface area (Å²) >= 11 is 6.29. The first-order valence-electron chi connectivity index (χ1n) is 12.0. The molecule has 0 unspecified atom stereocenters. The molecule has 35 heavy (non-hydrogen) atoms. The van der Waals surface area contributed by atoms with E-state index in [4.69, 9.17) is 21.3 Å². The number of pyridine rings is 1. The highest BCUT2D eigenvalue weighted by molar-refractivity contribution is 6.30. The maximum atomic E-state index is 6.29. The normalized spacial score (nSPS) is 11.1. The van der Waals surface area contributed by atoms with Crippen LogP contribution in [0.1, 0.15) is 37.6 Å². The summed E-state index contributed by atoms with van der Waals surface area (Å²) in [4.78, 5) is 18.7. The molecule has 4 aromatic rings. The zero-order valence-electron chi connectivity index (χ0n) is 21.0. The van der Waals surface area contributed by atoms with Crippen LogP contribution in [0.5, 0.6) is 5.75 Å². The van der Waals surface area contributed by atoms with Crippen molar-refractivity contribution in [3.8, 4) is 5.75 Å². The minimum atomic E-state index is 0.568. The highest BCUT2D eigenvalue weighted by Crippen LogP contribution is 2.28. The lowest BCUT2D eigenvalue weighted by Gasteiger charge is -2.27. The lowest BCUT2D eigenvalue weighted by molar-refractivity contribution is 0.337. The molecular formula is C26H32ClN7O. The Morgan fingerprint density at radius 1 is 1.00 bits per heavy atom. The molecule has 0 radical (unpaired) electrons. The summed E-state index contributed by atoms with van der Waals surface area (Å²) in [6.45, 7) is 11.7. The molecular weight excluding hydrogens is 462 g/mol. The van der Waals surface area contributed by atoms with Crippen molar-refractivity contribution in [3.63, 3.8) is 0 Å². The molecule has 0 fully saturated rings. The first-order chi connectivity index (χ1) is 16.9. The van der Waals surface area contributed by atoms with Crippen molar-refractivity contribution < 1.29 is 4.74 Å². The van der Waals surface area contributed by atoms with Gasteiger partial charge in [0.05, 0.1) is 24.7 Å². The molecule has 0 aliphatic carbocycles. The molecule has 8 nitrogen and oxygen atoms in total. The second kappa shape index (κ2) is 10.9. The van der Waals surface area contributed by atoms with Crippen LogP contribution in [0.25, 0.3) is 11.0 Å². The van der Waals surface area contributed by atoms with Gasteiger partial charge in [0.15, 0.2) is 11.4 Å². The number of ether oxygens (including phenoxy) is 1. The van der Waals surface area contributed by atoms with E-state index in [-0.39, 0.29) is 0 Å². The quantitative estimate of drug-likeness (QED) is 0.301. The first kappa shape index (κ1) is 24.7. The van der Waals surface area contributed by atoms with Crippen molar-refractivity contribution in [1.82, 2.24) is 24.7 Å². The summed E-state index contributed by atoms with van der Waals surface area (Å²) in [5.74, 6) is 2.21. The van der Waals surface area contributed by atoms with E-state index in [1.54, 1.807) is 12.4 Å². The van der Waals surface area contributed by atoms with Gasteiger partial charge in [-0.25, -0.2) is 15.0 Å². The van der Waals surface area contributed by atoms with Crippen molar-refractivity contribution >= 4 is 34.4 Å². The number of rotatable bonds is 10. The minimum Gasteiger partial charge on any atom is -0.491 e. The Labute approximate surface area is 211 Å². The Bertz CT molecular complexity index is 1290. The summed E-state index contributed by atoms with van der Waals surface area (Å²) in [6, 6.07) is 10.1. The molecule has 0 N–H and O–H groups in total. The van der Waals surface area contributed by atoms with E-state index in [0.29, 0.717) is 36.4 Å². The van der Waals surface area contributed by atoms with Crippen LogP contribution >= 0.6 is 11.6 Å². The van der Waals surface area contributed by atoms with E-state index in [1.165, 1.54) is 0 Å². The number of hydrogen-bond donors (Lipinski definition) is 0. The average molecular weight is 494 g/mol. The minimum absolute atomic E-state index is 0.568. The lowest BCUT2D eigenvalue weighted by Crippen LogP contribution is -2.29. The van der Waals surface area contributed by atoms with Gasteiger partial charge in [0.2, 0.25) is 5.95 Å². The summed E-state index contributed by atoms with van der Waals surface area (Å²) in [5.41, 5.74) is 4.01. The molecule has 0 spiro atoms. The summed E-state index contributed by atoms with van der Waals surface area (Å²) in [6.07, 6.45) is 3.43. The molecule has 0 aliphatic heterocycles. The maximum Gasteiger partial charge on any atom is 0.226 e. The smallest absolute Gasteiger partial charge is 0.226 e. The van der Waals surface area contributed by atoms with Crippen LogP contribution in [0.2, 0.25) is 5.02 Å². The SMILES string of the molecule is CCOc1cnc(N(Cc2cccc(Cl)c2)Cc2cc3c(C)nn(C)c3nc2N(CC)CC)nc1. The van der Waals surface area contributed by atoms with Crippen LogP contribution in [0.3, 0.4) is 0 Å². The van der Waals surface area contributed by atoms with Crippen molar-refractivity contribution in [2.24, 2.45) is 7.05 Å². The predicted octanol–water partition coefficient (Wildman–Crippen LogP) is 5.17. The molecule has 0 aliphatic rings. The summed E-state index contributed by atoms with van der Waals surface area (Å²) < 4.78 is 7.40. The lowest BCUT2D eigenvalue weighted by atomic mass is 10.1. The van der Waals surface area contributed by atoms with E-state index < -0.39 is 0 Å². The third-order valence-electron chi connectivity index (χ3n) is 5.95. The monoisotopic (exact) mass is 493 g/mol.